The number of ether oxygens (including phenoxy) is 2. The molecule has 0 amide bonds. The molecule has 0 aliphatic carbocycles. The molecule has 4 heteroatoms. The van der Waals surface area contributed by atoms with Crippen molar-refractivity contribution in [2.24, 2.45) is 0 Å². The van der Waals surface area contributed by atoms with E-state index in [0.29, 0.717) is 0 Å². The number of benzene rings is 1. The minimum absolute atomic E-state index is 0.0311. The molecule has 0 bridgehead atoms. The zero-order chi connectivity index (χ0) is 11.9. The van der Waals surface area contributed by atoms with Gasteiger partial charge in [0.25, 0.3) is 0 Å². The highest BCUT2D eigenvalue weighted by Crippen LogP contribution is 2.26. The summed E-state index contributed by atoms with van der Waals surface area (Å²) in [6, 6.07) is 8.26. The van der Waals surface area contributed by atoms with Gasteiger partial charge in [-0.25, -0.2) is 0 Å². The van der Waals surface area contributed by atoms with E-state index < -0.39 is 0 Å². The van der Waals surface area contributed by atoms with Crippen molar-refractivity contribution in [2.75, 3.05) is 19.0 Å². The Hall–Kier alpha value is -0.0300. The molecule has 0 N–H and O–H groups in total. The number of halogens is 1. The van der Waals surface area contributed by atoms with Crippen LogP contribution in [-0.2, 0) is 9.47 Å². The molecular weight excluding hydrogens is 300 g/mol. The Labute approximate surface area is 115 Å². The van der Waals surface area contributed by atoms with E-state index in [0.717, 1.165) is 29.9 Å². The van der Waals surface area contributed by atoms with E-state index in [1.807, 2.05) is 17.8 Å². The molecule has 1 aromatic carbocycles. The lowest BCUT2D eigenvalue weighted by molar-refractivity contribution is -0.158. The zero-order valence-corrected chi connectivity index (χ0v) is 12.1. The Bertz CT molecular complexity index is 340. The van der Waals surface area contributed by atoms with Crippen molar-refractivity contribution in [3.05, 3.63) is 28.7 Å². The molecule has 0 aromatic heterocycles. The quantitative estimate of drug-likeness (QED) is 0.602. The van der Waals surface area contributed by atoms with Gasteiger partial charge in [-0.1, -0.05) is 12.1 Å². The molecule has 1 atom stereocenters. The van der Waals surface area contributed by atoms with Crippen molar-refractivity contribution in [3.63, 3.8) is 0 Å². The first kappa shape index (κ1) is 13.4. The van der Waals surface area contributed by atoms with E-state index in [9.17, 15) is 0 Å². The van der Waals surface area contributed by atoms with Crippen LogP contribution in [0.5, 0.6) is 0 Å². The Kier molecular flexibility index (Phi) is 5.85. The maximum atomic E-state index is 5.69. The molecule has 1 saturated heterocycles. The van der Waals surface area contributed by atoms with E-state index in [1.54, 1.807) is 0 Å². The van der Waals surface area contributed by atoms with Gasteiger partial charge in [-0.05, 0) is 47.3 Å². The molecule has 1 aliphatic rings. The molecule has 1 aromatic rings. The third kappa shape index (κ3) is 4.62. The van der Waals surface area contributed by atoms with Crippen LogP contribution < -0.4 is 0 Å². The third-order valence-corrected chi connectivity index (χ3v) is 4.61. The van der Waals surface area contributed by atoms with Gasteiger partial charge < -0.3 is 9.47 Å². The van der Waals surface area contributed by atoms with E-state index in [4.69, 9.17) is 9.47 Å². The normalized spacial score (nSPS) is 20.4. The fourth-order valence-corrected chi connectivity index (χ4v) is 3.14. The molecular formula is C13H17BrO2S. The van der Waals surface area contributed by atoms with Gasteiger partial charge in [0.05, 0.1) is 6.61 Å². The first-order chi connectivity index (χ1) is 8.36. The van der Waals surface area contributed by atoms with Crippen LogP contribution in [0.2, 0.25) is 0 Å². The lowest BCUT2D eigenvalue weighted by Crippen LogP contribution is -2.23. The highest BCUT2D eigenvalue weighted by molar-refractivity contribution is 9.10. The second-order valence-electron chi connectivity index (χ2n) is 3.95. The van der Waals surface area contributed by atoms with Gasteiger partial charge in [0, 0.05) is 21.7 Å². The summed E-state index contributed by atoms with van der Waals surface area (Å²) in [5.41, 5.74) is 0. The van der Waals surface area contributed by atoms with Crippen LogP contribution >= 0.6 is 27.7 Å². The maximum absolute atomic E-state index is 5.69. The predicted molar refractivity (Wildman–Crippen MR) is 74.4 cm³/mol. The lowest BCUT2D eigenvalue weighted by atomic mass is 10.2. The summed E-state index contributed by atoms with van der Waals surface area (Å²) in [4.78, 5) is 1.26. The smallest absolute Gasteiger partial charge is 0.157 e. The Morgan fingerprint density at radius 3 is 3.00 bits per heavy atom. The summed E-state index contributed by atoms with van der Waals surface area (Å²) in [5.74, 6) is 0.961. The molecule has 0 spiro atoms. The van der Waals surface area contributed by atoms with Crippen LogP contribution in [0.3, 0.4) is 0 Å². The van der Waals surface area contributed by atoms with Gasteiger partial charge in [0.2, 0.25) is 0 Å². The minimum Gasteiger partial charge on any atom is -0.353 e. The second kappa shape index (κ2) is 7.41. The van der Waals surface area contributed by atoms with Crippen LogP contribution in [0.1, 0.15) is 19.3 Å². The van der Waals surface area contributed by atoms with Crippen LogP contribution in [-0.4, -0.2) is 25.3 Å². The first-order valence-corrected chi connectivity index (χ1v) is 7.74. The topological polar surface area (TPSA) is 18.5 Å². The Morgan fingerprint density at radius 2 is 2.24 bits per heavy atom. The van der Waals surface area contributed by atoms with E-state index in [-0.39, 0.29) is 6.29 Å². The maximum Gasteiger partial charge on any atom is 0.157 e. The average Bonchev–Trinajstić information content (AvgIpc) is 2.38. The van der Waals surface area contributed by atoms with E-state index in [2.05, 4.69) is 34.1 Å². The van der Waals surface area contributed by atoms with E-state index in [1.165, 1.54) is 17.7 Å². The fourth-order valence-electron chi connectivity index (χ4n) is 1.74. The monoisotopic (exact) mass is 316 g/mol. The molecule has 0 unspecified atom stereocenters. The van der Waals surface area contributed by atoms with Crippen LogP contribution in [0, 0.1) is 0 Å². The molecule has 94 valence electrons. The van der Waals surface area contributed by atoms with Gasteiger partial charge >= 0.3 is 0 Å². The summed E-state index contributed by atoms with van der Waals surface area (Å²) in [6.45, 7) is 1.60. The standard InChI is InChI=1S/C13H17BrO2S/c14-11-5-1-2-6-12(11)17-10-9-16-13-7-3-4-8-15-13/h1-2,5-6,13H,3-4,7-10H2/t13-/m0/s1. The molecule has 2 nitrogen and oxygen atoms in total. The molecule has 2 rings (SSSR count). The largest absolute Gasteiger partial charge is 0.353 e. The molecule has 1 fully saturated rings. The van der Waals surface area contributed by atoms with Gasteiger partial charge in [-0.3, -0.25) is 0 Å². The minimum atomic E-state index is 0.0311. The summed E-state index contributed by atoms with van der Waals surface area (Å²) in [7, 11) is 0. The fraction of sp³-hybridized carbons (Fsp3) is 0.538. The summed E-state index contributed by atoms with van der Waals surface area (Å²) in [5, 5.41) is 0. The van der Waals surface area contributed by atoms with Crippen LogP contribution in [0.15, 0.2) is 33.6 Å². The highest BCUT2D eigenvalue weighted by atomic mass is 79.9. The number of thioether (sulfide) groups is 1. The molecule has 0 radical (unpaired) electrons. The molecule has 17 heavy (non-hydrogen) atoms. The van der Waals surface area contributed by atoms with Crippen LogP contribution in [0.4, 0.5) is 0 Å². The number of hydrogen-bond acceptors (Lipinski definition) is 3. The SMILES string of the molecule is Brc1ccccc1SCCO[C@H]1CCCCO1. The lowest BCUT2D eigenvalue weighted by Gasteiger charge is -2.22. The molecule has 1 aliphatic heterocycles. The summed E-state index contributed by atoms with van der Waals surface area (Å²) >= 11 is 5.35. The van der Waals surface area contributed by atoms with Crippen LogP contribution in [0.25, 0.3) is 0 Å². The highest BCUT2D eigenvalue weighted by Gasteiger charge is 2.13. The first-order valence-electron chi connectivity index (χ1n) is 5.97. The van der Waals surface area contributed by atoms with E-state index >= 15 is 0 Å². The van der Waals surface area contributed by atoms with Gasteiger partial charge in [0.1, 0.15) is 0 Å². The molecule has 1 heterocycles. The molecule has 0 saturated carbocycles. The van der Waals surface area contributed by atoms with Gasteiger partial charge in [-0.15, -0.1) is 11.8 Å². The Morgan fingerprint density at radius 1 is 1.35 bits per heavy atom. The van der Waals surface area contributed by atoms with Gasteiger partial charge in [0.15, 0.2) is 6.29 Å². The summed E-state index contributed by atoms with van der Waals surface area (Å²) in [6.07, 6.45) is 3.47. The van der Waals surface area contributed by atoms with Crippen molar-refractivity contribution in [1.82, 2.24) is 0 Å². The van der Waals surface area contributed by atoms with Crippen molar-refractivity contribution in [3.8, 4) is 0 Å². The predicted octanol–water partition coefficient (Wildman–Crippen LogP) is 4.08. The third-order valence-electron chi connectivity index (χ3n) is 2.62. The average molecular weight is 317 g/mol. The Balaban J connectivity index is 1.64. The van der Waals surface area contributed by atoms with Crippen molar-refractivity contribution in [1.29, 1.82) is 0 Å². The second-order valence-corrected chi connectivity index (χ2v) is 5.94. The number of hydrogen-bond donors (Lipinski definition) is 0. The zero-order valence-electron chi connectivity index (χ0n) is 9.73. The van der Waals surface area contributed by atoms with Crippen molar-refractivity contribution in [2.45, 2.75) is 30.4 Å². The van der Waals surface area contributed by atoms with Crippen molar-refractivity contribution < 1.29 is 9.47 Å². The summed E-state index contributed by atoms with van der Waals surface area (Å²) < 4.78 is 12.4. The number of rotatable bonds is 5. The van der Waals surface area contributed by atoms with Gasteiger partial charge in [-0.2, -0.15) is 0 Å². The van der Waals surface area contributed by atoms with Crippen molar-refractivity contribution >= 4 is 27.7 Å².